The Morgan fingerprint density at radius 3 is 2.88 bits per heavy atom. The minimum absolute atomic E-state index is 0.246. The lowest BCUT2D eigenvalue weighted by Crippen LogP contribution is -2.22. The van der Waals surface area contributed by atoms with E-state index in [0.717, 1.165) is 0 Å². The van der Waals surface area contributed by atoms with E-state index in [1.54, 1.807) is 0 Å². The number of halogens is 1. The van der Waals surface area contributed by atoms with Crippen LogP contribution < -0.4 is 10.6 Å². The van der Waals surface area contributed by atoms with Crippen LogP contribution in [0.4, 0.5) is 9.18 Å². The zero-order valence-electron chi connectivity index (χ0n) is 8.36. The van der Waals surface area contributed by atoms with Gasteiger partial charge in [0.15, 0.2) is 11.6 Å². The second-order valence-corrected chi connectivity index (χ2v) is 3.59. The van der Waals surface area contributed by atoms with Crippen LogP contribution >= 0.6 is 0 Å². The molecular weight excluding hydrogens is 229 g/mol. The smallest absolute Gasteiger partial charge is 0.322 e. The summed E-state index contributed by atoms with van der Waals surface area (Å²) in [5.41, 5.74) is 0.357. The molecule has 3 amide bonds. The van der Waals surface area contributed by atoms with E-state index in [1.165, 1.54) is 18.3 Å². The Morgan fingerprint density at radius 1 is 1.35 bits per heavy atom. The maximum absolute atomic E-state index is 12.9. The summed E-state index contributed by atoms with van der Waals surface area (Å²) in [6.07, 6.45) is 1.23. The molecule has 2 aromatic heterocycles. The SMILES string of the molecule is O=C1NC(=O)C(c2cc3cc(F)ncc3o2)N1. The molecule has 17 heavy (non-hydrogen) atoms. The highest BCUT2D eigenvalue weighted by Crippen LogP contribution is 2.25. The molecule has 0 radical (unpaired) electrons. The molecule has 1 atom stereocenters. The van der Waals surface area contributed by atoms with E-state index in [0.29, 0.717) is 11.0 Å². The molecule has 1 unspecified atom stereocenters. The quantitative estimate of drug-likeness (QED) is 0.566. The van der Waals surface area contributed by atoms with Gasteiger partial charge in [0.2, 0.25) is 5.95 Å². The van der Waals surface area contributed by atoms with Gasteiger partial charge in [0.05, 0.1) is 6.20 Å². The fraction of sp³-hybridized carbons (Fsp3) is 0.100. The number of carbonyl (C=O) groups excluding carboxylic acids is 2. The van der Waals surface area contributed by atoms with E-state index in [-0.39, 0.29) is 5.76 Å². The van der Waals surface area contributed by atoms with Crippen LogP contribution in [0.2, 0.25) is 0 Å². The number of hydrogen-bond donors (Lipinski definition) is 2. The van der Waals surface area contributed by atoms with Crippen LogP contribution in [0.5, 0.6) is 0 Å². The van der Waals surface area contributed by atoms with Gasteiger partial charge in [-0.15, -0.1) is 0 Å². The second kappa shape index (κ2) is 3.27. The van der Waals surface area contributed by atoms with E-state index in [4.69, 9.17) is 4.42 Å². The van der Waals surface area contributed by atoms with Gasteiger partial charge >= 0.3 is 6.03 Å². The zero-order valence-corrected chi connectivity index (χ0v) is 8.36. The van der Waals surface area contributed by atoms with Gasteiger partial charge in [-0.25, -0.2) is 9.78 Å². The summed E-state index contributed by atoms with van der Waals surface area (Å²) in [5, 5.41) is 4.96. The van der Waals surface area contributed by atoms with Gasteiger partial charge in [-0.1, -0.05) is 0 Å². The highest BCUT2D eigenvalue weighted by Gasteiger charge is 2.33. The van der Waals surface area contributed by atoms with Gasteiger partial charge in [-0.3, -0.25) is 10.1 Å². The second-order valence-electron chi connectivity index (χ2n) is 3.59. The molecule has 0 spiro atoms. The molecule has 1 fully saturated rings. The van der Waals surface area contributed by atoms with E-state index in [1.807, 2.05) is 0 Å². The molecular formula is C10H6FN3O3. The maximum atomic E-state index is 12.9. The molecule has 1 aliphatic rings. The average Bonchev–Trinajstić information content (AvgIpc) is 2.80. The Hall–Kier alpha value is -2.44. The van der Waals surface area contributed by atoms with Crippen molar-refractivity contribution in [1.82, 2.24) is 15.6 Å². The van der Waals surface area contributed by atoms with Crippen molar-refractivity contribution in [2.75, 3.05) is 0 Å². The molecule has 6 nitrogen and oxygen atoms in total. The van der Waals surface area contributed by atoms with Crippen molar-refractivity contribution in [3.8, 4) is 0 Å². The fourth-order valence-electron chi connectivity index (χ4n) is 1.70. The topological polar surface area (TPSA) is 84.2 Å². The van der Waals surface area contributed by atoms with Gasteiger partial charge in [0.1, 0.15) is 5.76 Å². The van der Waals surface area contributed by atoms with E-state index in [9.17, 15) is 14.0 Å². The van der Waals surface area contributed by atoms with Crippen molar-refractivity contribution in [2.24, 2.45) is 0 Å². The van der Waals surface area contributed by atoms with Crippen molar-refractivity contribution in [1.29, 1.82) is 0 Å². The lowest BCUT2D eigenvalue weighted by Gasteiger charge is -2.00. The van der Waals surface area contributed by atoms with Crippen LogP contribution in [0.1, 0.15) is 11.8 Å². The number of furan rings is 1. The van der Waals surface area contributed by atoms with Crippen LogP contribution in [-0.4, -0.2) is 16.9 Å². The van der Waals surface area contributed by atoms with Gasteiger partial charge in [-0.2, -0.15) is 4.39 Å². The molecule has 0 aliphatic carbocycles. The van der Waals surface area contributed by atoms with Gasteiger partial charge in [0, 0.05) is 11.5 Å². The van der Waals surface area contributed by atoms with Gasteiger partial charge in [0.25, 0.3) is 5.91 Å². The third-order valence-corrected chi connectivity index (χ3v) is 2.45. The first-order valence-electron chi connectivity index (χ1n) is 4.80. The fourth-order valence-corrected chi connectivity index (χ4v) is 1.70. The van der Waals surface area contributed by atoms with Gasteiger partial charge in [-0.05, 0) is 6.07 Å². The minimum Gasteiger partial charge on any atom is -0.457 e. The molecule has 1 saturated heterocycles. The monoisotopic (exact) mass is 235 g/mol. The highest BCUT2D eigenvalue weighted by atomic mass is 19.1. The molecule has 2 N–H and O–H groups in total. The maximum Gasteiger partial charge on any atom is 0.322 e. The number of imide groups is 1. The zero-order chi connectivity index (χ0) is 12.0. The van der Waals surface area contributed by atoms with Crippen molar-refractivity contribution in [3.63, 3.8) is 0 Å². The largest absolute Gasteiger partial charge is 0.457 e. The number of amides is 3. The molecule has 3 rings (SSSR count). The summed E-state index contributed by atoms with van der Waals surface area (Å²) in [6.45, 7) is 0. The first-order chi connectivity index (χ1) is 8.13. The molecule has 0 bridgehead atoms. The van der Waals surface area contributed by atoms with Crippen LogP contribution in [0, 0.1) is 5.95 Å². The number of urea groups is 1. The number of hydrogen-bond acceptors (Lipinski definition) is 4. The Kier molecular flexibility index (Phi) is 1.88. The normalized spacial score (nSPS) is 19.5. The summed E-state index contributed by atoms with van der Waals surface area (Å²) in [7, 11) is 0. The summed E-state index contributed by atoms with van der Waals surface area (Å²) in [6, 6.07) is 1.23. The third-order valence-electron chi connectivity index (χ3n) is 2.45. The predicted molar refractivity (Wildman–Crippen MR) is 53.4 cm³/mol. The summed E-state index contributed by atoms with van der Waals surface area (Å²) < 4.78 is 18.2. The average molecular weight is 235 g/mol. The lowest BCUT2D eigenvalue weighted by atomic mass is 10.2. The predicted octanol–water partition coefficient (Wildman–Crippen LogP) is 0.847. The van der Waals surface area contributed by atoms with Crippen molar-refractivity contribution in [2.45, 2.75) is 6.04 Å². The van der Waals surface area contributed by atoms with Crippen molar-refractivity contribution in [3.05, 3.63) is 30.0 Å². The minimum atomic E-state index is -0.877. The summed E-state index contributed by atoms with van der Waals surface area (Å²) in [5.74, 6) is -0.886. The van der Waals surface area contributed by atoms with E-state index >= 15 is 0 Å². The number of pyridine rings is 1. The molecule has 1 aliphatic heterocycles. The van der Waals surface area contributed by atoms with Crippen LogP contribution in [-0.2, 0) is 4.79 Å². The van der Waals surface area contributed by atoms with Crippen molar-refractivity contribution >= 4 is 22.9 Å². The Morgan fingerprint density at radius 2 is 2.18 bits per heavy atom. The summed E-state index contributed by atoms with van der Waals surface area (Å²) in [4.78, 5) is 25.8. The van der Waals surface area contributed by atoms with Crippen LogP contribution in [0.25, 0.3) is 11.0 Å². The Labute approximate surface area is 93.8 Å². The first kappa shape index (κ1) is 9.76. The van der Waals surface area contributed by atoms with Gasteiger partial charge < -0.3 is 9.73 Å². The van der Waals surface area contributed by atoms with E-state index in [2.05, 4.69) is 15.6 Å². The summed E-state index contributed by atoms with van der Waals surface area (Å²) >= 11 is 0. The van der Waals surface area contributed by atoms with Crippen LogP contribution in [0.3, 0.4) is 0 Å². The number of rotatable bonds is 1. The van der Waals surface area contributed by atoms with Crippen LogP contribution in [0.15, 0.2) is 22.7 Å². The molecule has 0 saturated carbocycles. The standard InChI is InChI=1S/C10H6FN3O3/c11-7-2-4-1-5(17-6(4)3-12-7)8-9(15)14-10(16)13-8/h1-3,8H,(H2,13,14,15,16). The first-order valence-corrected chi connectivity index (χ1v) is 4.80. The number of carbonyl (C=O) groups is 2. The molecule has 0 aromatic carbocycles. The highest BCUT2D eigenvalue weighted by molar-refractivity contribution is 6.04. The third kappa shape index (κ3) is 1.52. The lowest BCUT2D eigenvalue weighted by molar-refractivity contribution is -0.120. The number of fused-ring (bicyclic) bond motifs is 1. The van der Waals surface area contributed by atoms with E-state index < -0.39 is 23.9 Å². The Balaban J connectivity index is 2.06. The molecule has 7 heteroatoms. The number of nitrogens with one attached hydrogen (secondary N) is 2. The molecule has 2 aromatic rings. The Bertz CT molecular complexity index is 637. The number of aromatic nitrogens is 1. The molecule has 86 valence electrons. The molecule has 3 heterocycles. The van der Waals surface area contributed by atoms with Crippen molar-refractivity contribution < 1.29 is 18.4 Å². The number of nitrogens with zero attached hydrogens (tertiary/aromatic N) is 1.